The summed E-state index contributed by atoms with van der Waals surface area (Å²) in [5.41, 5.74) is 2.89. The number of nitrogens with one attached hydrogen (secondary N) is 1. The molecule has 1 N–H and O–H groups in total. The lowest BCUT2D eigenvalue weighted by molar-refractivity contribution is 0.281. The SMILES string of the molecule is CCCNC(CN(C)C1CC1)c1ccc(CC(C)C)cc1. The van der Waals surface area contributed by atoms with Crippen LogP contribution in [0.15, 0.2) is 24.3 Å². The summed E-state index contributed by atoms with van der Waals surface area (Å²) in [6.07, 6.45) is 5.12. The summed E-state index contributed by atoms with van der Waals surface area (Å²) in [5.74, 6) is 0.728. The second-order valence-corrected chi connectivity index (χ2v) is 7.02. The van der Waals surface area contributed by atoms with Crippen molar-refractivity contribution in [1.29, 1.82) is 0 Å². The van der Waals surface area contributed by atoms with Crippen LogP contribution in [0.3, 0.4) is 0 Å². The number of likely N-dealkylation sites (N-methyl/N-ethyl adjacent to an activating group) is 1. The fraction of sp³-hybridized carbons (Fsp3) is 0.684. The van der Waals surface area contributed by atoms with Crippen LogP contribution in [0.25, 0.3) is 0 Å². The molecule has 0 aromatic heterocycles. The molecule has 1 aliphatic rings. The van der Waals surface area contributed by atoms with Crippen molar-refractivity contribution >= 4 is 0 Å². The number of nitrogens with zero attached hydrogens (tertiary/aromatic N) is 1. The summed E-state index contributed by atoms with van der Waals surface area (Å²) < 4.78 is 0. The first-order valence-corrected chi connectivity index (χ1v) is 8.62. The zero-order chi connectivity index (χ0) is 15.2. The van der Waals surface area contributed by atoms with E-state index in [9.17, 15) is 0 Å². The monoisotopic (exact) mass is 288 g/mol. The van der Waals surface area contributed by atoms with E-state index >= 15 is 0 Å². The first-order chi connectivity index (χ1) is 10.1. The zero-order valence-corrected chi connectivity index (χ0v) is 14.2. The fourth-order valence-corrected chi connectivity index (χ4v) is 2.92. The molecule has 0 bridgehead atoms. The van der Waals surface area contributed by atoms with Gasteiger partial charge in [-0.1, -0.05) is 45.0 Å². The van der Waals surface area contributed by atoms with E-state index in [1.165, 1.54) is 36.8 Å². The molecule has 0 spiro atoms. The molecule has 0 radical (unpaired) electrons. The summed E-state index contributed by atoms with van der Waals surface area (Å²) in [7, 11) is 2.27. The van der Waals surface area contributed by atoms with Gasteiger partial charge in [-0.3, -0.25) is 0 Å². The van der Waals surface area contributed by atoms with Crippen LogP contribution in [0.1, 0.15) is 57.2 Å². The number of rotatable bonds is 9. The molecule has 1 aromatic carbocycles. The fourth-order valence-electron chi connectivity index (χ4n) is 2.92. The molecule has 0 amide bonds. The first-order valence-electron chi connectivity index (χ1n) is 8.62. The van der Waals surface area contributed by atoms with Crippen molar-refractivity contribution in [2.24, 2.45) is 5.92 Å². The van der Waals surface area contributed by atoms with E-state index in [0.717, 1.165) is 25.0 Å². The highest BCUT2D eigenvalue weighted by Crippen LogP contribution is 2.27. The molecule has 1 unspecified atom stereocenters. The highest BCUT2D eigenvalue weighted by Gasteiger charge is 2.27. The van der Waals surface area contributed by atoms with Crippen LogP contribution >= 0.6 is 0 Å². The molecule has 0 aliphatic heterocycles. The van der Waals surface area contributed by atoms with Crippen LogP contribution in [0.2, 0.25) is 0 Å². The van der Waals surface area contributed by atoms with E-state index in [4.69, 9.17) is 0 Å². The Morgan fingerprint density at radius 1 is 1.19 bits per heavy atom. The van der Waals surface area contributed by atoms with Crippen molar-refractivity contribution in [2.45, 2.75) is 58.5 Å². The van der Waals surface area contributed by atoms with Crippen molar-refractivity contribution in [3.05, 3.63) is 35.4 Å². The molecule has 118 valence electrons. The molecule has 1 aliphatic carbocycles. The maximum absolute atomic E-state index is 3.72. The van der Waals surface area contributed by atoms with Crippen molar-refractivity contribution in [2.75, 3.05) is 20.1 Å². The highest BCUT2D eigenvalue weighted by atomic mass is 15.2. The van der Waals surface area contributed by atoms with Crippen LogP contribution in [0.4, 0.5) is 0 Å². The van der Waals surface area contributed by atoms with Gasteiger partial charge in [0.25, 0.3) is 0 Å². The summed E-state index contributed by atoms with van der Waals surface area (Å²) in [6, 6.07) is 10.6. The summed E-state index contributed by atoms with van der Waals surface area (Å²) >= 11 is 0. The lowest BCUT2D eigenvalue weighted by Gasteiger charge is -2.25. The topological polar surface area (TPSA) is 15.3 Å². The van der Waals surface area contributed by atoms with Crippen LogP contribution in [-0.4, -0.2) is 31.1 Å². The molecule has 1 aromatic rings. The Labute approximate surface area is 130 Å². The molecule has 1 saturated carbocycles. The second kappa shape index (κ2) is 7.95. The standard InChI is InChI=1S/C19H32N2/c1-5-12-20-19(14-21(4)18-10-11-18)17-8-6-16(7-9-17)13-15(2)3/h6-9,15,18-20H,5,10-14H2,1-4H3. The highest BCUT2D eigenvalue weighted by molar-refractivity contribution is 5.25. The molecular formula is C19H32N2. The smallest absolute Gasteiger partial charge is 0.0449 e. The van der Waals surface area contributed by atoms with Crippen LogP contribution in [0.5, 0.6) is 0 Å². The van der Waals surface area contributed by atoms with E-state index in [0.29, 0.717) is 6.04 Å². The third-order valence-electron chi connectivity index (χ3n) is 4.31. The Morgan fingerprint density at radius 3 is 2.38 bits per heavy atom. The maximum Gasteiger partial charge on any atom is 0.0449 e. The van der Waals surface area contributed by atoms with Gasteiger partial charge in [-0.2, -0.15) is 0 Å². The minimum absolute atomic E-state index is 0.462. The summed E-state index contributed by atoms with van der Waals surface area (Å²) in [6.45, 7) is 9.01. The largest absolute Gasteiger partial charge is 0.309 e. The summed E-state index contributed by atoms with van der Waals surface area (Å²) in [5, 5.41) is 3.72. The minimum atomic E-state index is 0.462. The van der Waals surface area contributed by atoms with Crippen LogP contribution < -0.4 is 5.32 Å². The Balaban J connectivity index is 2.00. The van der Waals surface area contributed by atoms with E-state index in [1.54, 1.807) is 0 Å². The molecule has 0 heterocycles. The van der Waals surface area contributed by atoms with E-state index < -0.39 is 0 Å². The molecule has 0 saturated heterocycles. The predicted molar refractivity (Wildman–Crippen MR) is 91.7 cm³/mol. The number of hydrogen-bond donors (Lipinski definition) is 1. The van der Waals surface area contributed by atoms with Crippen molar-refractivity contribution < 1.29 is 0 Å². The Kier molecular flexibility index (Phi) is 6.25. The average molecular weight is 288 g/mol. The third kappa shape index (κ3) is 5.44. The van der Waals surface area contributed by atoms with Crippen LogP contribution in [-0.2, 0) is 6.42 Å². The van der Waals surface area contributed by atoms with Crippen LogP contribution in [0, 0.1) is 5.92 Å². The van der Waals surface area contributed by atoms with Gasteiger partial charge in [0.1, 0.15) is 0 Å². The lowest BCUT2D eigenvalue weighted by Crippen LogP contribution is -2.34. The molecule has 1 fully saturated rings. The van der Waals surface area contributed by atoms with E-state index in [1.807, 2.05) is 0 Å². The molecule has 1 atom stereocenters. The van der Waals surface area contributed by atoms with Gasteiger partial charge < -0.3 is 10.2 Å². The molecular weight excluding hydrogens is 256 g/mol. The van der Waals surface area contributed by atoms with Gasteiger partial charge in [0.2, 0.25) is 0 Å². The predicted octanol–water partition coefficient (Wildman–Crippen LogP) is 4.02. The maximum atomic E-state index is 3.72. The van der Waals surface area contributed by atoms with Crippen molar-refractivity contribution in [1.82, 2.24) is 10.2 Å². The molecule has 2 heteroatoms. The van der Waals surface area contributed by atoms with Gasteiger partial charge in [-0.05, 0) is 56.3 Å². The Morgan fingerprint density at radius 2 is 1.86 bits per heavy atom. The van der Waals surface area contributed by atoms with Gasteiger partial charge in [-0.25, -0.2) is 0 Å². The first kappa shape index (κ1) is 16.5. The van der Waals surface area contributed by atoms with Crippen molar-refractivity contribution in [3.63, 3.8) is 0 Å². The van der Waals surface area contributed by atoms with Gasteiger partial charge in [0.05, 0.1) is 0 Å². The Hall–Kier alpha value is -0.860. The molecule has 2 nitrogen and oxygen atoms in total. The van der Waals surface area contributed by atoms with Gasteiger partial charge in [0, 0.05) is 18.6 Å². The summed E-state index contributed by atoms with van der Waals surface area (Å²) in [4.78, 5) is 2.52. The zero-order valence-electron chi connectivity index (χ0n) is 14.2. The number of hydrogen-bond acceptors (Lipinski definition) is 2. The van der Waals surface area contributed by atoms with Gasteiger partial charge >= 0.3 is 0 Å². The lowest BCUT2D eigenvalue weighted by atomic mass is 9.99. The van der Waals surface area contributed by atoms with E-state index in [2.05, 4.69) is 62.3 Å². The quantitative estimate of drug-likeness (QED) is 0.738. The van der Waals surface area contributed by atoms with Gasteiger partial charge in [0.15, 0.2) is 0 Å². The number of benzene rings is 1. The van der Waals surface area contributed by atoms with Crippen molar-refractivity contribution in [3.8, 4) is 0 Å². The second-order valence-electron chi connectivity index (χ2n) is 7.02. The average Bonchev–Trinajstić information content (AvgIpc) is 3.28. The Bertz CT molecular complexity index is 406. The third-order valence-corrected chi connectivity index (χ3v) is 4.31. The molecule has 21 heavy (non-hydrogen) atoms. The normalized spacial score (nSPS) is 16.7. The van der Waals surface area contributed by atoms with E-state index in [-0.39, 0.29) is 0 Å². The van der Waals surface area contributed by atoms with Gasteiger partial charge in [-0.15, -0.1) is 0 Å². The minimum Gasteiger partial charge on any atom is -0.309 e. The molecule has 2 rings (SSSR count).